The maximum atomic E-state index is 13.2. The Hall–Kier alpha value is -2.75. The molecular weight excluding hydrogens is 352 g/mol. The lowest BCUT2D eigenvalue weighted by atomic mass is 9.77. The molecule has 0 spiro atoms. The molecule has 0 aliphatic carbocycles. The number of hydrogen-bond acceptors (Lipinski definition) is 4. The van der Waals surface area contributed by atoms with E-state index in [1.165, 1.54) is 6.92 Å². The van der Waals surface area contributed by atoms with Crippen molar-refractivity contribution >= 4 is 17.5 Å². The molecule has 4 nitrogen and oxygen atoms in total. The van der Waals surface area contributed by atoms with Crippen molar-refractivity contribution in [2.24, 2.45) is 5.41 Å². The molecule has 148 valence electrons. The molecule has 0 saturated carbocycles. The number of esters is 1. The molecule has 0 saturated heterocycles. The van der Waals surface area contributed by atoms with Crippen LogP contribution in [0, 0.1) is 5.41 Å². The van der Waals surface area contributed by atoms with Crippen LogP contribution in [0.15, 0.2) is 60.7 Å². The third kappa shape index (κ3) is 5.62. The molecule has 4 heteroatoms. The number of hydrogen-bond donors (Lipinski definition) is 0. The molecule has 2 aromatic rings. The van der Waals surface area contributed by atoms with E-state index in [0.29, 0.717) is 11.1 Å². The Morgan fingerprint density at radius 1 is 0.821 bits per heavy atom. The number of unbranched alkanes of at least 4 members (excludes halogenated alkanes) is 3. The molecule has 0 radical (unpaired) electrons. The van der Waals surface area contributed by atoms with Gasteiger partial charge >= 0.3 is 5.97 Å². The van der Waals surface area contributed by atoms with Crippen molar-refractivity contribution in [3.63, 3.8) is 0 Å². The predicted molar refractivity (Wildman–Crippen MR) is 109 cm³/mol. The van der Waals surface area contributed by atoms with E-state index in [9.17, 15) is 14.4 Å². The van der Waals surface area contributed by atoms with E-state index in [1.807, 2.05) is 6.07 Å². The highest BCUT2D eigenvalue weighted by molar-refractivity contribution is 6.15. The number of benzene rings is 2. The monoisotopic (exact) mass is 380 g/mol. The van der Waals surface area contributed by atoms with E-state index in [4.69, 9.17) is 4.74 Å². The summed E-state index contributed by atoms with van der Waals surface area (Å²) >= 11 is 0. The molecule has 0 bridgehead atoms. The Labute approximate surface area is 166 Å². The number of Topliss-reactive ketones (excluding diaryl/α,β-unsaturated/α-hetero) is 2. The molecular formula is C24H28O4. The van der Waals surface area contributed by atoms with Gasteiger partial charge < -0.3 is 4.74 Å². The van der Waals surface area contributed by atoms with Crippen LogP contribution >= 0.6 is 0 Å². The average Bonchev–Trinajstić information content (AvgIpc) is 2.74. The van der Waals surface area contributed by atoms with Crippen molar-refractivity contribution in [1.29, 1.82) is 0 Å². The maximum Gasteiger partial charge on any atom is 0.320 e. The Bertz CT molecular complexity index is 783. The van der Waals surface area contributed by atoms with Gasteiger partial charge in [0.25, 0.3) is 0 Å². The van der Waals surface area contributed by atoms with Crippen molar-refractivity contribution in [3.05, 3.63) is 71.8 Å². The quantitative estimate of drug-likeness (QED) is 0.230. The van der Waals surface area contributed by atoms with E-state index in [1.54, 1.807) is 54.6 Å². The molecule has 2 rings (SSSR count). The topological polar surface area (TPSA) is 60.4 Å². The van der Waals surface area contributed by atoms with Crippen molar-refractivity contribution < 1.29 is 19.1 Å². The fraction of sp³-hybridized carbons (Fsp3) is 0.375. The van der Waals surface area contributed by atoms with Gasteiger partial charge in [-0.2, -0.15) is 0 Å². The first-order valence-corrected chi connectivity index (χ1v) is 9.84. The third-order valence-corrected chi connectivity index (χ3v) is 4.83. The van der Waals surface area contributed by atoms with Gasteiger partial charge in [0, 0.05) is 17.5 Å². The Morgan fingerprint density at radius 3 is 1.96 bits per heavy atom. The van der Waals surface area contributed by atoms with E-state index < -0.39 is 17.2 Å². The molecule has 1 unspecified atom stereocenters. The average molecular weight is 380 g/mol. The van der Waals surface area contributed by atoms with Crippen molar-refractivity contribution in [2.45, 2.75) is 46.0 Å². The van der Waals surface area contributed by atoms with Gasteiger partial charge in [-0.25, -0.2) is 0 Å². The number of carbonyl (C=O) groups excluding carboxylic acids is 3. The van der Waals surface area contributed by atoms with E-state index in [2.05, 4.69) is 6.92 Å². The van der Waals surface area contributed by atoms with Crippen molar-refractivity contribution in [1.82, 2.24) is 0 Å². The standard InChI is InChI=1S/C24H28O4/c1-3-4-5-12-17-28-23(27)24(2,22(26)20-15-10-7-11-16-20)18-21(25)19-13-8-6-9-14-19/h6-11,13-16H,3-5,12,17-18H2,1-2H3. The first kappa shape index (κ1) is 21.5. The zero-order chi connectivity index (χ0) is 20.4. The minimum atomic E-state index is -1.56. The molecule has 0 heterocycles. The number of rotatable bonds is 11. The van der Waals surface area contributed by atoms with E-state index >= 15 is 0 Å². The van der Waals surface area contributed by atoms with Crippen LogP contribution in [-0.4, -0.2) is 24.1 Å². The molecule has 0 aliphatic heterocycles. The lowest BCUT2D eigenvalue weighted by molar-refractivity contribution is -0.152. The minimum absolute atomic E-state index is 0.224. The zero-order valence-electron chi connectivity index (χ0n) is 16.6. The molecule has 0 N–H and O–H groups in total. The minimum Gasteiger partial charge on any atom is -0.465 e. The van der Waals surface area contributed by atoms with Crippen LogP contribution in [0.5, 0.6) is 0 Å². The lowest BCUT2D eigenvalue weighted by Gasteiger charge is -2.25. The van der Waals surface area contributed by atoms with Crippen molar-refractivity contribution in [2.75, 3.05) is 6.61 Å². The van der Waals surface area contributed by atoms with Gasteiger partial charge in [0.2, 0.25) is 0 Å². The second-order valence-corrected chi connectivity index (χ2v) is 7.19. The second-order valence-electron chi connectivity index (χ2n) is 7.19. The van der Waals surface area contributed by atoms with Gasteiger partial charge in [-0.15, -0.1) is 0 Å². The Balaban J connectivity index is 2.20. The summed E-state index contributed by atoms with van der Waals surface area (Å²) in [5.74, 6) is -1.28. The number of carbonyl (C=O) groups is 3. The summed E-state index contributed by atoms with van der Waals surface area (Å²) in [6, 6.07) is 17.3. The Morgan fingerprint density at radius 2 is 1.39 bits per heavy atom. The lowest BCUT2D eigenvalue weighted by Crippen LogP contribution is -2.40. The maximum absolute atomic E-state index is 13.2. The highest BCUT2D eigenvalue weighted by Gasteiger charge is 2.44. The highest BCUT2D eigenvalue weighted by atomic mass is 16.5. The van der Waals surface area contributed by atoms with Crippen LogP contribution in [0.1, 0.15) is 66.7 Å². The summed E-state index contributed by atoms with van der Waals surface area (Å²) in [5.41, 5.74) is -0.682. The van der Waals surface area contributed by atoms with Crippen LogP contribution in [0.2, 0.25) is 0 Å². The normalized spacial score (nSPS) is 12.8. The van der Waals surface area contributed by atoms with Crippen LogP contribution in [-0.2, 0) is 9.53 Å². The van der Waals surface area contributed by atoms with Crippen LogP contribution in [0.3, 0.4) is 0 Å². The third-order valence-electron chi connectivity index (χ3n) is 4.83. The second kappa shape index (κ2) is 10.5. The molecule has 0 amide bonds. The van der Waals surface area contributed by atoms with Gasteiger partial charge in [0.1, 0.15) is 5.41 Å². The summed E-state index contributed by atoms with van der Waals surface area (Å²) in [6.07, 6.45) is 3.66. The first-order chi connectivity index (χ1) is 13.5. The van der Waals surface area contributed by atoms with E-state index in [-0.39, 0.29) is 18.8 Å². The molecule has 2 aromatic carbocycles. The SMILES string of the molecule is CCCCCCOC(=O)C(C)(CC(=O)c1ccccc1)C(=O)c1ccccc1. The molecule has 0 aliphatic rings. The largest absolute Gasteiger partial charge is 0.465 e. The van der Waals surface area contributed by atoms with Gasteiger partial charge in [0.15, 0.2) is 11.6 Å². The van der Waals surface area contributed by atoms with E-state index in [0.717, 1.165) is 25.7 Å². The van der Waals surface area contributed by atoms with Gasteiger partial charge in [-0.1, -0.05) is 86.8 Å². The molecule has 1 atom stereocenters. The van der Waals surface area contributed by atoms with Gasteiger partial charge in [-0.3, -0.25) is 14.4 Å². The van der Waals surface area contributed by atoms with Gasteiger partial charge in [-0.05, 0) is 13.3 Å². The summed E-state index contributed by atoms with van der Waals surface area (Å²) in [4.78, 5) is 38.8. The number of ether oxygens (including phenoxy) is 1. The summed E-state index contributed by atoms with van der Waals surface area (Å²) in [6.45, 7) is 3.88. The van der Waals surface area contributed by atoms with Gasteiger partial charge in [0.05, 0.1) is 6.61 Å². The fourth-order valence-corrected chi connectivity index (χ4v) is 3.05. The Kier molecular flexibility index (Phi) is 8.12. The zero-order valence-corrected chi connectivity index (χ0v) is 16.6. The van der Waals surface area contributed by atoms with Crippen molar-refractivity contribution in [3.8, 4) is 0 Å². The molecule has 28 heavy (non-hydrogen) atoms. The smallest absolute Gasteiger partial charge is 0.320 e. The molecule has 0 fully saturated rings. The predicted octanol–water partition coefficient (Wildman–Crippen LogP) is 5.27. The summed E-state index contributed by atoms with van der Waals surface area (Å²) < 4.78 is 5.42. The van der Waals surface area contributed by atoms with Crippen LogP contribution in [0.4, 0.5) is 0 Å². The number of ketones is 2. The van der Waals surface area contributed by atoms with Crippen LogP contribution in [0.25, 0.3) is 0 Å². The summed E-state index contributed by atoms with van der Waals surface area (Å²) in [5, 5.41) is 0. The fourth-order valence-electron chi connectivity index (χ4n) is 3.05. The highest BCUT2D eigenvalue weighted by Crippen LogP contribution is 2.30. The first-order valence-electron chi connectivity index (χ1n) is 9.84. The van der Waals surface area contributed by atoms with Crippen LogP contribution < -0.4 is 0 Å². The molecule has 0 aromatic heterocycles. The summed E-state index contributed by atoms with van der Waals surface area (Å²) in [7, 11) is 0.